The molecular weight excluding hydrogens is 272 g/mol. The van der Waals surface area contributed by atoms with Gasteiger partial charge in [-0.1, -0.05) is 51.1 Å². The van der Waals surface area contributed by atoms with Crippen LogP contribution in [0.2, 0.25) is 0 Å². The molecule has 0 amide bonds. The fourth-order valence-corrected chi connectivity index (χ4v) is 2.98. The van der Waals surface area contributed by atoms with Gasteiger partial charge in [-0.2, -0.15) is 0 Å². The summed E-state index contributed by atoms with van der Waals surface area (Å²) in [5.74, 6) is 0.139. The third-order valence-corrected chi connectivity index (χ3v) is 4.74. The highest BCUT2D eigenvalue weighted by atomic mass is 32.2. The summed E-state index contributed by atoms with van der Waals surface area (Å²) in [6.45, 7) is 6.25. The van der Waals surface area contributed by atoms with Crippen LogP contribution in [-0.2, 0) is 9.53 Å². The lowest BCUT2D eigenvalue weighted by molar-refractivity contribution is -0.137. The van der Waals surface area contributed by atoms with Crippen molar-refractivity contribution >= 4 is 23.5 Å². The highest BCUT2D eigenvalue weighted by Crippen LogP contribution is 2.33. The van der Waals surface area contributed by atoms with Crippen LogP contribution >= 0.6 is 11.8 Å². The van der Waals surface area contributed by atoms with Crippen LogP contribution in [0.5, 0.6) is 0 Å². The average molecular weight is 294 g/mol. The number of benzene rings is 1. The summed E-state index contributed by atoms with van der Waals surface area (Å²) in [5, 5.41) is 0.0781. The maximum atomic E-state index is 12.3. The Balaban J connectivity index is 2.70. The highest BCUT2D eigenvalue weighted by molar-refractivity contribution is 8.00. The predicted molar refractivity (Wildman–Crippen MR) is 83.1 cm³/mol. The molecule has 0 aliphatic carbocycles. The molecule has 0 saturated heterocycles. The van der Waals surface area contributed by atoms with Crippen molar-refractivity contribution in [3.8, 4) is 0 Å². The molecule has 1 aromatic carbocycles. The summed E-state index contributed by atoms with van der Waals surface area (Å²) in [5.41, 5.74) is 0.670. The molecule has 20 heavy (non-hydrogen) atoms. The molecule has 0 aliphatic rings. The van der Waals surface area contributed by atoms with E-state index in [0.717, 1.165) is 5.56 Å². The zero-order valence-corrected chi connectivity index (χ0v) is 13.3. The first-order valence-corrected chi connectivity index (χ1v) is 7.66. The second-order valence-corrected chi connectivity index (χ2v) is 6.93. The number of thioether (sulfide) groups is 1. The highest BCUT2D eigenvalue weighted by Gasteiger charge is 2.28. The van der Waals surface area contributed by atoms with Crippen LogP contribution in [0, 0.1) is 5.41 Å². The molecule has 4 heteroatoms. The van der Waals surface area contributed by atoms with Crippen molar-refractivity contribution in [1.82, 2.24) is 0 Å². The summed E-state index contributed by atoms with van der Waals surface area (Å²) < 4.78 is 4.66. The Morgan fingerprint density at radius 3 is 2.30 bits per heavy atom. The Hall–Kier alpha value is -1.29. The monoisotopic (exact) mass is 294 g/mol. The Bertz CT molecular complexity index is 449. The summed E-state index contributed by atoms with van der Waals surface area (Å²) in [4.78, 5) is 23.6. The van der Waals surface area contributed by atoms with Crippen molar-refractivity contribution < 1.29 is 14.3 Å². The minimum Gasteiger partial charge on any atom is -0.468 e. The first-order valence-electron chi connectivity index (χ1n) is 6.61. The van der Waals surface area contributed by atoms with Crippen molar-refractivity contribution in [1.29, 1.82) is 0 Å². The number of esters is 1. The number of rotatable bonds is 6. The molecule has 1 rings (SSSR count). The zero-order valence-electron chi connectivity index (χ0n) is 12.5. The molecule has 0 radical (unpaired) electrons. The molecule has 0 aliphatic heterocycles. The van der Waals surface area contributed by atoms with Gasteiger partial charge in [-0.3, -0.25) is 9.59 Å². The Morgan fingerprint density at radius 2 is 1.80 bits per heavy atom. The minimum atomic E-state index is -0.253. The number of ketones is 1. The van der Waals surface area contributed by atoms with Gasteiger partial charge in [0.25, 0.3) is 0 Å². The van der Waals surface area contributed by atoms with E-state index in [1.54, 1.807) is 0 Å². The van der Waals surface area contributed by atoms with Gasteiger partial charge in [-0.15, -0.1) is 11.8 Å². The van der Waals surface area contributed by atoms with Gasteiger partial charge in [0.1, 0.15) is 0 Å². The van der Waals surface area contributed by atoms with Crippen LogP contribution in [0.15, 0.2) is 30.3 Å². The van der Waals surface area contributed by atoms with Gasteiger partial charge in [0.2, 0.25) is 0 Å². The van der Waals surface area contributed by atoms with Gasteiger partial charge in [0.15, 0.2) is 5.78 Å². The van der Waals surface area contributed by atoms with Crippen molar-refractivity contribution in [3.05, 3.63) is 35.9 Å². The Kier molecular flexibility index (Phi) is 6.27. The topological polar surface area (TPSA) is 43.4 Å². The molecule has 0 N–H and O–H groups in total. The third kappa shape index (κ3) is 5.37. The molecule has 0 spiro atoms. The predicted octanol–water partition coefficient (Wildman–Crippen LogP) is 3.58. The molecule has 1 aromatic rings. The molecule has 3 nitrogen and oxygen atoms in total. The maximum absolute atomic E-state index is 12.3. The maximum Gasteiger partial charge on any atom is 0.315 e. The summed E-state index contributed by atoms with van der Waals surface area (Å²) >= 11 is 1.49. The minimum absolute atomic E-state index is 0.0525. The second-order valence-electron chi connectivity index (χ2n) is 5.74. The SMILES string of the molecule is COC(=O)CS[C@H](CC(=O)c1ccccc1)C(C)(C)C. The van der Waals surface area contributed by atoms with E-state index in [4.69, 9.17) is 0 Å². The molecule has 0 unspecified atom stereocenters. The summed E-state index contributed by atoms with van der Waals surface area (Å²) in [7, 11) is 1.38. The lowest BCUT2D eigenvalue weighted by Gasteiger charge is -2.29. The first-order chi connectivity index (χ1) is 9.34. The van der Waals surface area contributed by atoms with E-state index in [1.165, 1.54) is 18.9 Å². The fourth-order valence-electron chi connectivity index (χ4n) is 1.75. The fraction of sp³-hybridized carbons (Fsp3) is 0.500. The summed E-state index contributed by atoms with van der Waals surface area (Å²) in [6.07, 6.45) is 0.426. The van der Waals surface area contributed by atoms with Gasteiger partial charge in [-0.05, 0) is 5.41 Å². The van der Waals surface area contributed by atoms with Gasteiger partial charge in [-0.25, -0.2) is 0 Å². The standard InChI is InChI=1S/C16H22O3S/c1-16(2,3)14(20-11-15(18)19-4)10-13(17)12-8-6-5-7-9-12/h5-9,14H,10-11H2,1-4H3/t14-/m1/s1. The molecule has 0 fully saturated rings. The Labute approximate surface area is 125 Å². The lowest BCUT2D eigenvalue weighted by Crippen LogP contribution is -2.27. The quantitative estimate of drug-likeness (QED) is 0.594. The van der Waals surface area contributed by atoms with Crippen molar-refractivity contribution in [2.45, 2.75) is 32.4 Å². The number of hydrogen-bond donors (Lipinski definition) is 0. The van der Waals surface area contributed by atoms with Crippen molar-refractivity contribution in [2.75, 3.05) is 12.9 Å². The molecule has 110 valence electrons. The van der Waals surface area contributed by atoms with Crippen molar-refractivity contribution in [3.63, 3.8) is 0 Å². The normalized spacial score (nSPS) is 12.8. The summed E-state index contributed by atoms with van der Waals surface area (Å²) in [6, 6.07) is 9.27. The third-order valence-electron chi connectivity index (χ3n) is 3.06. The van der Waals surface area contributed by atoms with Gasteiger partial charge >= 0.3 is 5.97 Å². The van der Waals surface area contributed by atoms with E-state index < -0.39 is 0 Å². The number of carbonyl (C=O) groups excluding carboxylic acids is 2. The largest absolute Gasteiger partial charge is 0.468 e. The molecule has 0 bridgehead atoms. The molecule has 0 saturated carbocycles. The lowest BCUT2D eigenvalue weighted by atomic mass is 9.88. The Morgan fingerprint density at radius 1 is 1.20 bits per heavy atom. The molecule has 0 aromatic heterocycles. The first kappa shape index (κ1) is 16.8. The van der Waals surface area contributed by atoms with Gasteiger partial charge in [0.05, 0.1) is 12.9 Å². The van der Waals surface area contributed by atoms with E-state index in [0.29, 0.717) is 6.42 Å². The molecular formula is C16H22O3S. The number of ether oxygens (including phenoxy) is 1. The zero-order chi connectivity index (χ0) is 15.2. The van der Waals surface area contributed by atoms with Crippen LogP contribution in [0.4, 0.5) is 0 Å². The number of hydrogen-bond acceptors (Lipinski definition) is 4. The average Bonchev–Trinajstić information content (AvgIpc) is 2.42. The van der Waals surface area contributed by atoms with E-state index in [-0.39, 0.29) is 28.2 Å². The second kappa shape index (κ2) is 7.48. The van der Waals surface area contributed by atoms with E-state index in [1.807, 2.05) is 30.3 Å². The molecule has 1 atom stereocenters. The van der Waals surface area contributed by atoms with E-state index >= 15 is 0 Å². The van der Waals surface area contributed by atoms with Crippen LogP contribution in [0.1, 0.15) is 37.6 Å². The number of carbonyl (C=O) groups is 2. The van der Waals surface area contributed by atoms with Gasteiger partial charge < -0.3 is 4.74 Å². The van der Waals surface area contributed by atoms with Crippen LogP contribution in [0.3, 0.4) is 0 Å². The van der Waals surface area contributed by atoms with Crippen LogP contribution < -0.4 is 0 Å². The van der Waals surface area contributed by atoms with Gasteiger partial charge in [0, 0.05) is 17.2 Å². The molecule has 0 heterocycles. The van der Waals surface area contributed by atoms with Crippen LogP contribution in [0.25, 0.3) is 0 Å². The smallest absolute Gasteiger partial charge is 0.315 e. The van der Waals surface area contributed by atoms with Crippen molar-refractivity contribution in [2.24, 2.45) is 5.41 Å². The number of Topliss-reactive ketones (excluding diaryl/α,β-unsaturated/α-hetero) is 1. The van der Waals surface area contributed by atoms with Crippen LogP contribution in [-0.4, -0.2) is 29.9 Å². The van der Waals surface area contributed by atoms with E-state index in [2.05, 4.69) is 25.5 Å². The number of methoxy groups -OCH3 is 1. The van der Waals surface area contributed by atoms with E-state index in [9.17, 15) is 9.59 Å².